The summed E-state index contributed by atoms with van der Waals surface area (Å²) in [5.74, 6) is 0.180. The van der Waals surface area contributed by atoms with Crippen molar-refractivity contribution in [3.63, 3.8) is 0 Å². The average Bonchev–Trinajstić information content (AvgIpc) is 2.26. The number of nitrogens with zero attached hydrogens (tertiary/aromatic N) is 1. The van der Waals surface area contributed by atoms with Gasteiger partial charge in [0.25, 0.3) is 0 Å². The third-order valence-electron chi connectivity index (χ3n) is 3.17. The molecule has 0 spiro atoms. The fourth-order valence-corrected chi connectivity index (χ4v) is 2.11. The number of primary amides is 1. The van der Waals surface area contributed by atoms with Gasteiger partial charge in [0.05, 0.1) is 11.4 Å². The van der Waals surface area contributed by atoms with E-state index in [0.29, 0.717) is 23.2 Å². The second-order valence-electron chi connectivity index (χ2n) is 5.23. The second-order valence-corrected chi connectivity index (χ2v) is 5.23. The lowest BCUT2D eigenvalue weighted by molar-refractivity contribution is 0.100. The van der Waals surface area contributed by atoms with E-state index in [-0.39, 0.29) is 0 Å². The van der Waals surface area contributed by atoms with Crippen LogP contribution in [0.2, 0.25) is 0 Å². The second kappa shape index (κ2) is 5.76. The van der Waals surface area contributed by atoms with Crippen LogP contribution in [0.5, 0.6) is 0 Å². The predicted octanol–water partition coefficient (Wildman–Crippen LogP) is 2.24. The van der Waals surface area contributed by atoms with Crippen molar-refractivity contribution in [1.82, 2.24) is 0 Å². The zero-order valence-corrected chi connectivity index (χ0v) is 11.6. The van der Waals surface area contributed by atoms with E-state index < -0.39 is 5.91 Å². The summed E-state index contributed by atoms with van der Waals surface area (Å²) in [5.41, 5.74) is 13.2. The van der Waals surface area contributed by atoms with E-state index in [1.165, 1.54) is 0 Å². The molecular formula is C14H23N3O. The number of nitrogen functional groups attached to an aromatic ring is 1. The molecule has 0 saturated carbocycles. The first-order valence-electron chi connectivity index (χ1n) is 6.25. The highest BCUT2D eigenvalue weighted by atomic mass is 16.1. The van der Waals surface area contributed by atoms with Crippen LogP contribution in [0.25, 0.3) is 0 Å². The first kappa shape index (κ1) is 14.4. The lowest BCUT2D eigenvalue weighted by atomic mass is 10.0. The Hall–Kier alpha value is -1.71. The molecule has 18 heavy (non-hydrogen) atoms. The molecular weight excluding hydrogens is 226 g/mol. The standard InChI is InChI=1S/C14H23N3O/c1-9(2)7-10(3)17(4)13-6-5-11(14(16)18)8-12(13)15/h5-6,8-10H,7,15H2,1-4H3,(H2,16,18). The van der Waals surface area contributed by atoms with E-state index in [4.69, 9.17) is 11.5 Å². The van der Waals surface area contributed by atoms with Gasteiger partial charge in [0.15, 0.2) is 0 Å². The fraction of sp³-hybridized carbons (Fsp3) is 0.500. The Labute approximate surface area is 109 Å². The van der Waals surface area contributed by atoms with Crippen LogP contribution in [0.4, 0.5) is 11.4 Å². The van der Waals surface area contributed by atoms with Crippen molar-refractivity contribution in [3.8, 4) is 0 Å². The summed E-state index contributed by atoms with van der Waals surface area (Å²) in [5, 5.41) is 0. The van der Waals surface area contributed by atoms with Crippen molar-refractivity contribution in [2.24, 2.45) is 11.7 Å². The highest BCUT2D eigenvalue weighted by molar-refractivity contribution is 5.94. The largest absolute Gasteiger partial charge is 0.397 e. The molecule has 0 bridgehead atoms. The van der Waals surface area contributed by atoms with Gasteiger partial charge in [-0.2, -0.15) is 0 Å². The topological polar surface area (TPSA) is 72.3 Å². The molecule has 0 aromatic heterocycles. The van der Waals surface area contributed by atoms with Crippen molar-refractivity contribution < 1.29 is 4.79 Å². The summed E-state index contributed by atoms with van der Waals surface area (Å²) in [6.07, 6.45) is 1.09. The Morgan fingerprint density at radius 2 is 1.94 bits per heavy atom. The van der Waals surface area contributed by atoms with Crippen molar-refractivity contribution in [3.05, 3.63) is 23.8 Å². The van der Waals surface area contributed by atoms with Crippen molar-refractivity contribution >= 4 is 17.3 Å². The van der Waals surface area contributed by atoms with Crippen LogP contribution < -0.4 is 16.4 Å². The summed E-state index contributed by atoms with van der Waals surface area (Å²) in [4.78, 5) is 13.2. The van der Waals surface area contributed by atoms with Gasteiger partial charge in [0.1, 0.15) is 0 Å². The van der Waals surface area contributed by atoms with Gasteiger partial charge in [-0.15, -0.1) is 0 Å². The number of hydrogen-bond acceptors (Lipinski definition) is 3. The van der Waals surface area contributed by atoms with Gasteiger partial charge in [-0.1, -0.05) is 13.8 Å². The summed E-state index contributed by atoms with van der Waals surface area (Å²) in [6, 6.07) is 5.60. The van der Waals surface area contributed by atoms with E-state index in [9.17, 15) is 4.79 Å². The van der Waals surface area contributed by atoms with Gasteiger partial charge in [-0.05, 0) is 37.5 Å². The SMILES string of the molecule is CC(C)CC(C)N(C)c1ccc(C(N)=O)cc1N. The van der Waals surface area contributed by atoms with Crippen molar-refractivity contribution in [1.29, 1.82) is 0 Å². The van der Waals surface area contributed by atoms with Gasteiger partial charge in [-0.25, -0.2) is 0 Å². The molecule has 0 saturated heterocycles. The van der Waals surface area contributed by atoms with Crippen LogP contribution in [0.1, 0.15) is 37.6 Å². The Balaban J connectivity index is 2.92. The summed E-state index contributed by atoms with van der Waals surface area (Å²) < 4.78 is 0. The molecule has 1 aromatic carbocycles. The van der Waals surface area contributed by atoms with E-state index in [2.05, 4.69) is 25.7 Å². The number of carbonyl (C=O) groups is 1. The van der Waals surface area contributed by atoms with Crippen LogP contribution in [0.15, 0.2) is 18.2 Å². The van der Waals surface area contributed by atoms with Crippen LogP contribution in [-0.2, 0) is 0 Å². The average molecular weight is 249 g/mol. The Bertz CT molecular complexity index is 429. The summed E-state index contributed by atoms with van der Waals surface area (Å²) in [6.45, 7) is 6.56. The first-order chi connectivity index (χ1) is 8.32. The minimum Gasteiger partial charge on any atom is -0.397 e. The molecule has 4 heteroatoms. The zero-order chi connectivity index (χ0) is 13.9. The third-order valence-corrected chi connectivity index (χ3v) is 3.17. The van der Waals surface area contributed by atoms with Gasteiger partial charge < -0.3 is 16.4 Å². The maximum atomic E-state index is 11.1. The molecule has 4 N–H and O–H groups in total. The highest BCUT2D eigenvalue weighted by Crippen LogP contribution is 2.26. The molecule has 1 amide bonds. The minimum atomic E-state index is -0.453. The van der Waals surface area contributed by atoms with E-state index >= 15 is 0 Å². The maximum Gasteiger partial charge on any atom is 0.248 e. The normalized spacial score (nSPS) is 12.5. The summed E-state index contributed by atoms with van der Waals surface area (Å²) in [7, 11) is 2.02. The molecule has 1 rings (SSSR count). The number of carbonyl (C=O) groups excluding carboxylic acids is 1. The summed E-state index contributed by atoms with van der Waals surface area (Å²) >= 11 is 0. The van der Waals surface area contributed by atoms with Crippen LogP contribution in [0, 0.1) is 5.92 Å². The Kier molecular flexibility index (Phi) is 4.59. The number of rotatable bonds is 5. The molecule has 0 aliphatic rings. The van der Waals surface area contributed by atoms with Gasteiger partial charge in [-0.3, -0.25) is 4.79 Å². The van der Waals surface area contributed by atoms with Crippen molar-refractivity contribution in [2.45, 2.75) is 33.2 Å². The minimum absolute atomic E-state index is 0.395. The van der Waals surface area contributed by atoms with E-state index in [1.54, 1.807) is 12.1 Å². The van der Waals surface area contributed by atoms with Gasteiger partial charge in [0.2, 0.25) is 5.91 Å². The maximum absolute atomic E-state index is 11.1. The van der Waals surface area contributed by atoms with Crippen LogP contribution >= 0.6 is 0 Å². The molecule has 0 fully saturated rings. The zero-order valence-electron chi connectivity index (χ0n) is 11.6. The number of anilines is 2. The molecule has 0 aliphatic carbocycles. The lowest BCUT2D eigenvalue weighted by Crippen LogP contribution is -2.30. The fourth-order valence-electron chi connectivity index (χ4n) is 2.11. The molecule has 1 unspecified atom stereocenters. The van der Waals surface area contributed by atoms with E-state index in [1.807, 2.05) is 13.1 Å². The Morgan fingerprint density at radius 3 is 2.39 bits per heavy atom. The quantitative estimate of drug-likeness (QED) is 0.786. The molecule has 0 aliphatic heterocycles. The lowest BCUT2D eigenvalue weighted by Gasteiger charge is -2.29. The third kappa shape index (κ3) is 3.39. The number of benzene rings is 1. The van der Waals surface area contributed by atoms with Crippen LogP contribution in [0.3, 0.4) is 0 Å². The van der Waals surface area contributed by atoms with Crippen molar-refractivity contribution in [2.75, 3.05) is 17.7 Å². The highest BCUT2D eigenvalue weighted by Gasteiger charge is 2.14. The Morgan fingerprint density at radius 1 is 1.33 bits per heavy atom. The number of nitrogens with two attached hydrogens (primary N) is 2. The number of amides is 1. The molecule has 100 valence electrons. The number of hydrogen-bond donors (Lipinski definition) is 2. The predicted molar refractivity (Wildman–Crippen MR) is 76.7 cm³/mol. The first-order valence-corrected chi connectivity index (χ1v) is 6.25. The van der Waals surface area contributed by atoms with Gasteiger partial charge in [0, 0.05) is 18.7 Å². The van der Waals surface area contributed by atoms with Crippen LogP contribution in [-0.4, -0.2) is 19.0 Å². The monoisotopic (exact) mass is 249 g/mol. The molecule has 0 radical (unpaired) electrons. The van der Waals surface area contributed by atoms with E-state index in [0.717, 1.165) is 12.1 Å². The molecule has 1 atom stereocenters. The molecule has 1 aromatic rings. The molecule has 0 heterocycles. The molecule has 4 nitrogen and oxygen atoms in total. The smallest absolute Gasteiger partial charge is 0.248 e. The van der Waals surface area contributed by atoms with Gasteiger partial charge >= 0.3 is 0 Å².